The predicted octanol–water partition coefficient (Wildman–Crippen LogP) is 2.30. The van der Waals surface area contributed by atoms with Crippen LogP contribution >= 0.6 is 0 Å². The molecule has 0 atom stereocenters. The van der Waals surface area contributed by atoms with Crippen LogP contribution in [0.2, 0.25) is 0 Å². The molecule has 4 rings (SSSR count). The van der Waals surface area contributed by atoms with E-state index < -0.39 is 6.10 Å². The molecule has 2 saturated heterocycles. The van der Waals surface area contributed by atoms with E-state index >= 15 is 0 Å². The van der Waals surface area contributed by atoms with Crippen molar-refractivity contribution in [2.45, 2.75) is 56.8 Å². The molecule has 27 heavy (non-hydrogen) atoms. The Labute approximate surface area is 161 Å². The Hall–Kier alpha value is -1.79. The first kappa shape index (κ1) is 18.6. The molecule has 0 unspecified atom stereocenters. The van der Waals surface area contributed by atoms with Crippen molar-refractivity contribution in [3.63, 3.8) is 0 Å². The second kappa shape index (κ2) is 8.07. The lowest BCUT2D eigenvalue weighted by molar-refractivity contribution is 0.00587. The number of methoxy groups -OCH3 is 1. The molecule has 1 aromatic rings. The highest BCUT2D eigenvalue weighted by Gasteiger charge is 2.31. The SMILES string of the molecule is COc1cc(C(=O)N2CC(O)C2)ccc1OC1CCN(C2CCCC2)CC1. The average Bonchev–Trinajstić information content (AvgIpc) is 3.20. The number of hydrogen-bond donors (Lipinski definition) is 1. The van der Waals surface area contributed by atoms with Crippen molar-refractivity contribution in [1.82, 2.24) is 9.80 Å². The fourth-order valence-electron chi connectivity index (χ4n) is 4.51. The quantitative estimate of drug-likeness (QED) is 0.857. The van der Waals surface area contributed by atoms with E-state index in [9.17, 15) is 9.90 Å². The predicted molar refractivity (Wildman–Crippen MR) is 102 cm³/mol. The fraction of sp³-hybridized carbons (Fsp3) is 0.667. The molecular formula is C21H30N2O4. The number of rotatable bonds is 5. The molecule has 0 spiro atoms. The van der Waals surface area contributed by atoms with Gasteiger partial charge in [0.15, 0.2) is 11.5 Å². The Bertz CT molecular complexity index is 660. The maximum Gasteiger partial charge on any atom is 0.254 e. The molecule has 3 fully saturated rings. The lowest BCUT2D eigenvalue weighted by Gasteiger charge is -2.36. The lowest BCUT2D eigenvalue weighted by atomic mass is 10.0. The number of β-amino-alcohol motifs (C(OH)–C–C–N with tert-alkyl or cyclic N) is 1. The second-order valence-electron chi connectivity index (χ2n) is 8.02. The molecule has 0 radical (unpaired) electrons. The number of aliphatic hydroxyl groups excluding tert-OH is 1. The molecular weight excluding hydrogens is 344 g/mol. The van der Waals surface area contributed by atoms with Gasteiger partial charge in [-0.15, -0.1) is 0 Å². The zero-order chi connectivity index (χ0) is 18.8. The molecule has 6 heteroatoms. The first-order valence-electron chi connectivity index (χ1n) is 10.2. The zero-order valence-electron chi connectivity index (χ0n) is 16.1. The Balaban J connectivity index is 1.35. The highest BCUT2D eigenvalue weighted by molar-refractivity contribution is 5.95. The van der Waals surface area contributed by atoms with Crippen molar-refractivity contribution in [2.24, 2.45) is 0 Å². The van der Waals surface area contributed by atoms with Gasteiger partial charge < -0.3 is 24.4 Å². The van der Waals surface area contributed by atoms with Gasteiger partial charge in [0.1, 0.15) is 6.10 Å². The van der Waals surface area contributed by atoms with Crippen molar-refractivity contribution in [2.75, 3.05) is 33.3 Å². The molecule has 1 aliphatic carbocycles. The summed E-state index contributed by atoms with van der Waals surface area (Å²) in [5.41, 5.74) is 0.571. The summed E-state index contributed by atoms with van der Waals surface area (Å²) in [6, 6.07) is 6.16. The minimum atomic E-state index is -0.395. The first-order valence-corrected chi connectivity index (χ1v) is 10.2. The molecule has 0 aromatic heterocycles. The van der Waals surface area contributed by atoms with Gasteiger partial charge in [-0.25, -0.2) is 0 Å². The number of piperidine rings is 1. The van der Waals surface area contributed by atoms with Gasteiger partial charge in [-0.05, 0) is 43.9 Å². The van der Waals surface area contributed by atoms with Gasteiger partial charge in [0.25, 0.3) is 5.91 Å². The minimum absolute atomic E-state index is 0.0741. The number of likely N-dealkylation sites (tertiary alicyclic amines) is 2. The largest absolute Gasteiger partial charge is 0.493 e. The van der Waals surface area contributed by atoms with Crippen LogP contribution in [0.15, 0.2) is 18.2 Å². The molecule has 1 N–H and O–H groups in total. The Morgan fingerprint density at radius 2 is 1.78 bits per heavy atom. The number of hydrogen-bond acceptors (Lipinski definition) is 5. The van der Waals surface area contributed by atoms with Gasteiger partial charge in [0.2, 0.25) is 0 Å². The summed E-state index contributed by atoms with van der Waals surface area (Å²) < 4.78 is 11.7. The van der Waals surface area contributed by atoms with Crippen molar-refractivity contribution in [1.29, 1.82) is 0 Å². The number of nitrogens with zero attached hydrogens (tertiary/aromatic N) is 2. The molecule has 2 aliphatic heterocycles. The van der Waals surface area contributed by atoms with Crippen molar-refractivity contribution < 1.29 is 19.4 Å². The van der Waals surface area contributed by atoms with E-state index in [1.165, 1.54) is 25.7 Å². The van der Waals surface area contributed by atoms with Gasteiger partial charge in [-0.3, -0.25) is 4.79 Å². The van der Waals surface area contributed by atoms with Crippen LogP contribution in [0.5, 0.6) is 11.5 Å². The fourth-order valence-corrected chi connectivity index (χ4v) is 4.51. The third-order valence-electron chi connectivity index (χ3n) is 6.17. The van der Waals surface area contributed by atoms with Gasteiger partial charge in [0, 0.05) is 37.8 Å². The topological polar surface area (TPSA) is 62.2 Å². The molecule has 0 bridgehead atoms. The molecule has 1 amide bonds. The van der Waals surface area contributed by atoms with Gasteiger partial charge in [0.05, 0.1) is 13.2 Å². The van der Waals surface area contributed by atoms with E-state index in [1.54, 1.807) is 24.1 Å². The maximum atomic E-state index is 12.4. The summed E-state index contributed by atoms with van der Waals surface area (Å²) in [5.74, 6) is 1.23. The summed E-state index contributed by atoms with van der Waals surface area (Å²) in [5, 5.41) is 9.39. The van der Waals surface area contributed by atoms with Crippen LogP contribution in [0.25, 0.3) is 0 Å². The van der Waals surface area contributed by atoms with E-state index in [4.69, 9.17) is 9.47 Å². The molecule has 2 heterocycles. The van der Waals surface area contributed by atoms with Crippen LogP contribution in [0, 0.1) is 0 Å². The van der Waals surface area contributed by atoms with Crippen LogP contribution in [-0.2, 0) is 0 Å². The number of carbonyl (C=O) groups is 1. The minimum Gasteiger partial charge on any atom is -0.493 e. The van der Waals surface area contributed by atoms with Crippen molar-refractivity contribution >= 4 is 5.91 Å². The Morgan fingerprint density at radius 1 is 1.07 bits per heavy atom. The van der Waals surface area contributed by atoms with Crippen LogP contribution in [0.1, 0.15) is 48.9 Å². The van der Waals surface area contributed by atoms with Gasteiger partial charge in [-0.1, -0.05) is 12.8 Å². The maximum absolute atomic E-state index is 12.4. The van der Waals surface area contributed by atoms with Crippen LogP contribution < -0.4 is 9.47 Å². The van der Waals surface area contributed by atoms with Crippen molar-refractivity contribution in [3.05, 3.63) is 23.8 Å². The van der Waals surface area contributed by atoms with Crippen LogP contribution in [-0.4, -0.2) is 72.4 Å². The Morgan fingerprint density at radius 3 is 2.41 bits per heavy atom. The van der Waals surface area contributed by atoms with Gasteiger partial charge >= 0.3 is 0 Å². The molecule has 148 valence electrons. The second-order valence-corrected chi connectivity index (χ2v) is 8.02. The number of carbonyl (C=O) groups excluding carboxylic acids is 1. The normalized spacial score (nSPS) is 22.7. The summed E-state index contributed by atoms with van der Waals surface area (Å²) in [7, 11) is 1.60. The number of benzene rings is 1. The summed E-state index contributed by atoms with van der Waals surface area (Å²) >= 11 is 0. The molecule has 6 nitrogen and oxygen atoms in total. The number of aliphatic hydroxyl groups is 1. The standard InChI is InChI=1S/C21H30N2O4/c1-26-20-12-15(21(25)23-13-17(24)14-23)6-7-19(20)27-18-8-10-22(11-9-18)16-4-2-3-5-16/h6-7,12,16-18,24H,2-5,8-11,13-14H2,1H3. The number of amides is 1. The monoisotopic (exact) mass is 374 g/mol. The zero-order valence-corrected chi connectivity index (χ0v) is 16.1. The number of ether oxygens (including phenoxy) is 2. The van der Waals surface area contributed by atoms with E-state index in [0.717, 1.165) is 32.0 Å². The van der Waals surface area contributed by atoms with Gasteiger partial charge in [-0.2, -0.15) is 0 Å². The van der Waals surface area contributed by atoms with Crippen LogP contribution in [0.4, 0.5) is 0 Å². The average molecular weight is 374 g/mol. The van der Waals surface area contributed by atoms with Crippen LogP contribution in [0.3, 0.4) is 0 Å². The van der Waals surface area contributed by atoms with E-state index in [1.807, 2.05) is 6.07 Å². The lowest BCUT2D eigenvalue weighted by Crippen LogP contribution is -2.53. The molecule has 1 aromatic carbocycles. The summed E-state index contributed by atoms with van der Waals surface area (Å²) in [6.07, 6.45) is 7.32. The highest BCUT2D eigenvalue weighted by Crippen LogP contribution is 2.32. The van der Waals surface area contributed by atoms with E-state index in [0.29, 0.717) is 30.2 Å². The molecule has 3 aliphatic rings. The first-order chi connectivity index (χ1) is 13.1. The highest BCUT2D eigenvalue weighted by atomic mass is 16.5. The third-order valence-corrected chi connectivity index (χ3v) is 6.17. The van der Waals surface area contributed by atoms with E-state index in [-0.39, 0.29) is 12.0 Å². The molecule has 1 saturated carbocycles. The summed E-state index contributed by atoms with van der Waals surface area (Å²) in [6.45, 7) is 3.01. The summed E-state index contributed by atoms with van der Waals surface area (Å²) in [4.78, 5) is 16.7. The van der Waals surface area contributed by atoms with E-state index in [2.05, 4.69) is 4.90 Å². The smallest absolute Gasteiger partial charge is 0.254 e. The van der Waals surface area contributed by atoms with Crippen molar-refractivity contribution in [3.8, 4) is 11.5 Å². The Kier molecular flexibility index (Phi) is 5.55. The third kappa shape index (κ3) is 4.06.